The molecule has 1 saturated carbocycles. The number of anilines is 1. The molecular formula is C15H15F2N3O. The van der Waals surface area contributed by atoms with Crippen LogP contribution in [0.2, 0.25) is 0 Å². The van der Waals surface area contributed by atoms with Gasteiger partial charge in [0.25, 0.3) is 5.92 Å². The number of nitrogens with one attached hydrogen (secondary N) is 2. The van der Waals surface area contributed by atoms with Crippen molar-refractivity contribution in [1.29, 1.82) is 0 Å². The molecule has 1 aromatic carbocycles. The average molecular weight is 291 g/mol. The molecule has 0 unspecified atom stereocenters. The van der Waals surface area contributed by atoms with Crippen LogP contribution in [0.25, 0.3) is 11.4 Å². The maximum absolute atomic E-state index is 12.9. The van der Waals surface area contributed by atoms with E-state index in [1.165, 1.54) is 0 Å². The second-order valence-electron chi connectivity index (χ2n) is 5.43. The molecule has 1 heterocycles. The van der Waals surface area contributed by atoms with Crippen molar-refractivity contribution in [1.82, 2.24) is 9.97 Å². The molecule has 0 spiro atoms. The molecule has 4 nitrogen and oxygen atoms in total. The van der Waals surface area contributed by atoms with Gasteiger partial charge in [-0.3, -0.25) is 4.79 Å². The van der Waals surface area contributed by atoms with Gasteiger partial charge < -0.3 is 10.3 Å². The van der Waals surface area contributed by atoms with Crippen molar-refractivity contribution >= 4 is 11.6 Å². The minimum Gasteiger partial charge on any atom is -0.344 e. The number of aryl methyl sites for hydroxylation is 2. The van der Waals surface area contributed by atoms with Gasteiger partial charge in [0.15, 0.2) is 0 Å². The molecule has 2 aromatic rings. The lowest BCUT2D eigenvalue weighted by Crippen LogP contribution is -2.17. The van der Waals surface area contributed by atoms with E-state index in [-0.39, 0.29) is 6.42 Å². The molecule has 1 aliphatic rings. The Kier molecular flexibility index (Phi) is 3.04. The Balaban J connectivity index is 1.83. The van der Waals surface area contributed by atoms with Gasteiger partial charge >= 0.3 is 0 Å². The molecule has 3 rings (SSSR count). The largest absolute Gasteiger partial charge is 0.344 e. The Morgan fingerprint density at radius 1 is 1.43 bits per heavy atom. The van der Waals surface area contributed by atoms with E-state index in [9.17, 15) is 13.6 Å². The number of aromatic amines is 1. The van der Waals surface area contributed by atoms with E-state index in [0.29, 0.717) is 11.5 Å². The van der Waals surface area contributed by atoms with Crippen LogP contribution in [0.4, 0.5) is 14.5 Å². The van der Waals surface area contributed by atoms with Gasteiger partial charge in [-0.25, -0.2) is 13.8 Å². The number of nitrogens with zero attached hydrogens (tertiary/aromatic N) is 1. The van der Waals surface area contributed by atoms with E-state index in [2.05, 4.69) is 15.3 Å². The summed E-state index contributed by atoms with van der Waals surface area (Å²) in [5, 5.41) is 2.54. The van der Waals surface area contributed by atoms with Crippen LogP contribution in [0.1, 0.15) is 17.7 Å². The highest BCUT2D eigenvalue weighted by Crippen LogP contribution is 2.49. The molecule has 0 saturated heterocycles. The second kappa shape index (κ2) is 4.65. The topological polar surface area (TPSA) is 57.8 Å². The highest BCUT2D eigenvalue weighted by Gasteiger charge is 2.61. The molecule has 1 fully saturated rings. The minimum absolute atomic E-state index is 0.366. The number of amides is 1. The molecule has 2 N–H and O–H groups in total. The third-order valence-corrected chi connectivity index (χ3v) is 3.61. The zero-order valence-electron chi connectivity index (χ0n) is 11.7. The molecule has 1 aromatic heterocycles. The molecule has 1 amide bonds. The van der Waals surface area contributed by atoms with Gasteiger partial charge in [0.2, 0.25) is 5.91 Å². The SMILES string of the molecule is Cc1c[nH]c(-c2cc(NC(=O)[C@@H]3CC3(F)F)ccc2C)n1. The van der Waals surface area contributed by atoms with Crippen molar-refractivity contribution in [3.05, 3.63) is 35.7 Å². The molecule has 1 atom stereocenters. The molecule has 0 bridgehead atoms. The second-order valence-corrected chi connectivity index (χ2v) is 5.43. The Morgan fingerprint density at radius 3 is 2.71 bits per heavy atom. The van der Waals surface area contributed by atoms with E-state index in [1.54, 1.807) is 18.3 Å². The molecule has 0 radical (unpaired) electrons. The van der Waals surface area contributed by atoms with Crippen LogP contribution < -0.4 is 5.32 Å². The molecule has 6 heteroatoms. The number of halogens is 2. The summed E-state index contributed by atoms with van der Waals surface area (Å²) >= 11 is 0. The highest BCUT2D eigenvalue weighted by atomic mass is 19.3. The van der Waals surface area contributed by atoms with Crippen LogP contribution in [-0.4, -0.2) is 21.8 Å². The lowest BCUT2D eigenvalue weighted by atomic mass is 10.1. The summed E-state index contributed by atoms with van der Waals surface area (Å²) in [4.78, 5) is 19.1. The van der Waals surface area contributed by atoms with Crippen LogP contribution in [0, 0.1) is 19.8 Å². The number of imidazole rings is 1. The summed E-state index contributed by atoms with van der Waals surface area (Å²) in [7, 11) is 0. The highest BCUT2D eigenvalue weighted by molar-refractivity contribution is 5.95. The first-order valence-electron chi connectivity index (χ1n) is 6.68. The Morgan fingerprint density at radius 2 is 2.14 bits per heavy atom. The van der Waals surface area contributed by atoms with Crippen molar-refractivity contribution in [3.8, 4) is 11.4 Å². The zero-order valence-corrected chi connectivity index (χ0v) is 11.7. The first-order chi connectivity index (χ1) is 9.87. The number of aromatic nitrogens is 2. The van der Waals surface area contributed by atoms with Gasteiger partial charge in [0, 0.05) is 23.9 Å². The van der Waals surface area contributed by atoms with Gasteiger partial charge in [0.1, 0.15) is 11.7 Å². The maximum atomic E-state index is 12.9. The number of alkyl halides is 2. The lowest BCUT2D eigenvalue weighted by molar-refractivity contribution is -0.119. The number of carbonyl (C=O) groups excluding carboxylic acids is 1. The van der Waals surface area contributed by atoms with Crippen molar-refractivity contribution in [3.63, 3.8) is 0 Å². The number of benzene rings is 1. The van der Waals surface area contributed by atoms with E-state index < -0.39 is 17.7 Å². The van der Waals surface area contributed by atoms with Gasteiger partial charge in [-0.15, -0.1) is 0 Å². The summed E-state index contributed by atoms with van der Waals surface area (Å²) in [6.45, 7) is 3.80. The van der Waals surface area contributed by atoms with Crippen molar-refractivity contribution in [2.45, 2.75) is 26.2 Å². The predicted molar refractivity (Wildman–Crippen MR) is 75.2 cm³/mol. The Bertz CT molecular complexity index is 709. The van der Waals surface area contributed by atoms with Crippen LogP contribution in [-0.2, 0) is 4.79 Å². The van der Waals surface area contributed by atoms with Gasteiger partial charge in [-0.05, 0) is 31.5 Å². The first-order valence-corrected chi connectivity index (χ1v) is 6.68. The lowest BCUT2D eigenvalue weighted by Gasteiger charge is -2.08. The third kappa shape index (κ3) is 2.66. The van der Waals surface area contributed by atoms with Crippen LogP contribution in [0.15, 0.2) is 24.4 Å². The van der Waals surface area contributed by atoms with Crippen molar-refractivity contribution < 1.29 is 13.6 Å². The quantitative estimate of drug-likeness (QED) is 0.911. The van der Waals surface area contributed by atoms with Crippen LogP contribution in [0.5, 0.6) is 0 Å². The minimum atomic E-state index is -2.85. The van der Waals surface area contributed by atoms with Gasteiger partial charge in [0.05, 0.1) is 5.69 Å². The van der Waals surface area contributed by atoms with E-state index in [0.717, 1.165) is 16.8 Å². The van der Waals surface area contributed by atoms with Crippen molar-refractivity contribution in [2.24, 2.45) is 5.92 Å². The predicted octanol–water partition coefficient (Wildman–Crippen LogP) is 3.29. The fourth-order valence-electron chi connectivity index (χ4n) is 2.23. The monoisotopic (exact) mass is 291 g/mol. The molecule has 110 valence electrons. The number of H-pyrrole nitrogens is 1. The third-order valence-electron chi connectivity index (χ3n) is 3.61. The number of hydrogen-bond donors (Lipinski definition) is 2. The van der Waals surface area contributed by atoms with E-state index in [4.69, 9.17) is 0 Å². The Labute approximate surface area is 120 Å². The molecule has 0 aliphatic heterocycles. The standard InChI is InChI=1S/C15H15F2N3O/c1-8-3-4-10(20-14(21)12-6-15(12,16)17)5-11(8)13-18-7-9(2)19-13/h3-5,7,12H,6H2,1-2H3,(H,18,19)(H,20,21)/t12-/m0/s1. The normalized spacial score (nSPS) is 19.3. The van der Waals surface area contributed by atoms with Crippen molar-refractivity contribution in [2.75, 3.05) is 5.32 Å². The summed E-state index contributed by atoms with van der Waals surface area (Å²) in [5.41, 5.74) is 3.18. The van der Waals surface area contributed by atoms with Gasteiger partial charge in [-0.2, -0.15) is 0 Å². The summed E-state index contributed by atoms with van der Waals surface area (Å²) < 4.78 is 25.8. The maximum Gasteiger partial charge on any atom is 0.260 e. The number of hydrogen-bond acceptors (Lipinski definition) is 2. The molecule has 1 aliphatic carbocycles. The molecule has 21 heavy (non-hydrogen) atoms. The smallest absolute Gasteiger partial charge is 0.260 e. The average Bonchev–Trinajstić information content (AvgIpc) is 2.85. The molecular weight excluding hydrogens is 276 g/mol. The van der Waals surface area contributed by atoms with Crippen LogP contribution >= 0.6 is 0 Å². The number of rotatable bonds is 3. The zero-order chi connectivity index (χ0) is 15.2. The van der Waals surface area contributed by atoms with Gasteiger partial charge in [-0.1, -0.05) is 6.07 Å². The fourth-order valence-corrected chi connectivity index (χ4v) is 2.23. The van der Waals surface area contributed by atoms with E-state index in [1.807, 2.05) is 19.9 Å². The van der Waals surface area contributed by atoms with E-state index >= 15 is 0 Å². The fraction of sp³-hybridized carbons (Fsp3) is 0.333. The van der Waals surface area contributed by atoms with Crippen LogP contribution in [0.3, 0.4) is 0 Å². The summed E-state index contributed by atoms with van der Waals surface area (Å²) in [5.74, 6) is -3.99. The Hall–Kier alpha value is -2.24. The summed E-state index contributed by atoms with van der Waals surface area (Å²) in [6, 6.07) is 5.27. The number of carbonyl (C=O) groups is 1. The summed E-state index contributed by atoms with van der Waals surface area (Å²) in [6.07, 6.45) is 1.42. The first kappa shape index (κ1) is 13.7.